The molecule has 0 unspecified atom stereocenters. The van der Waals surface area contributed by atoms with Crippen molar-refractivity contribution in [2.24, 2.45) is 0 Å². The molecule has 0 atom stereocenters. The molecule has 0 bridgehead atoms. The molecule has 1 rings (SSSR count). The summed E-state index contributed by atoms with van der Waals surface area (Å²) in [5.41, 5.74) is -0.318. The van der Waals surface area contributed by atoms with Crippen molar-refractivity contribution in [3.63, 3.8) is 0 Å². The fourth-order valence-electron chi connectivity index (χ4n) is 0.923. The Hall–Kier alpha value is -1.09. The van der Waals surface area contributed by atoms with Crippen LogP contribution >= 0.6 is 0 Å². The SMILES string of the molecule is Cc1ccc(OCC(C)(C)O)cc1F. The minimum absolute atomic E-state index is 0.148. The van der Waals surface area contributed by atoms with Crippen molar-refractivity contribution in [2.75, 3.05) is 6.61 Å². The minimum atomic E-state index is -0.901. The second kappa shape index (κ2) is 3.96. The number of rotatable bonds is 3. The summed E-state index contributed by atoms with van der Waals surface area (Å²) < 4.78 is 18.3. The molecule has 14 heavy (non-hydrogen) atoms. The van der Waals surface area contributed by atoms with Gasteiger partial charge in [-0.05, 0) is 32.4 Å². The van der Waals surface area contributed by atoms with Gasteiger partial charge in [-0.15, -0.1) is 0 Å². The Morgan fingerprint density at radius 2 is 2.07 bits per heavy atom. The molecule has 1 aromatic carbocycles. The van der Waals surface area contributed by atoms with E-state index in [1.165, 1.54) is 6.07 Å². The minimum Gasteiger partial charge on any atom is -0.491 e. The van der Waals surface area contributed by atoms with Crippen LogP contribution in [0.4, 0.5) is 4.39 Å². The maximum atomic E-state index is 13.1. The first-order valence-electron chi connectivity index (χ1n) is 4.50. The smallest absolute Gasteiger partial charge is 0.129 e. The van der Waals surface area contributed by atoms with Crippen LogP contribution in [-0.2, 0) is 0 Å². The molecule has 0 heterocycles. The predicted octanol–water partition coefficient (Wildman–Crippen LogP) is 2.28. The van der Waals surface area contributed by atoms with E-state index in [2.05, 4.69) is 0 Å². The molecule has 0 saturated heterocycles. The quantitative estimate of drug-likeness (QED) is 0.807. The Morgan fingerprint density at radius 3 is 2.57 bits per heavy atom. The van der Waals surface area contributed by atoms with Crippen LogP contribution in [0.25, 0.3) is 0 Å². The molecule has 1 N–H and O–H groups in total. The first-order chi connectivity index (χ1) is 6.38. The highest BCUT2D eigenvalue weighted by molar-refractivity contribution is 5.28. The Morgan fingerprint density at radius 1 is 1.43 bits per heavy atom. The van der Waals surface area contributed by atoms with Gasteiger partial charge >= 0.3 is 0 Å². The van der Waals surface area contributed by atoms with E-state index >= 15 is 0 Å². The molecule has 0 aliphatic heterocycles. The van der Waals surface area contributed by atoms with E-state index in [1.54, 1.807) is 32.9 Å². The van der Waals surface area contributed by atoms with Gasteiger partial charge in [0, 0.05) is 6.07 Å². The van der Waals surface area contributed by atoms with Crippen molar-refractivity contribution >= 4 is 0 Å². The summed E-state index contributed by atoms with van der Waals surface area (Å²) in [6.45, 7) is 5.11. The second-order valence-corrected chi connectivity index (χ2v) is 4.01. The molecule has 0 radical (unpaired) electrons. The zero-order valence-corrected chi connectivity index (χ0v) is 8.67. The summed E-state index contributed by atoms with van der Waals surface area (Å²) in [5.74, 6) is 0.147. The van der Waals surface area contributed by atoms with E-state index in [1.807, 2.05) is 0 Å². The lowest BCUT2D eigenvalue weighted by Crippen LogP contribution is -2.27. The lowest BCUT2D eigenvalue weighted by molar-refractivity contribution is 0.0284. The van der Waals surface area contributed by atoms with Gasteiger partial charge in [0.2, 0.25) is 0 Å². The van der Waals surface area contributed by atoms with Crippen molar-refractivity contribution in [2.45, 2.75) is 26.4 Å². The molecule has 0 fully saturated rings. The number of aryl methyl sites for hydroxylation is 1. The monoisotopic (exact) mass is 198 g/mol. The largest absolute Gasteiger partial charge is 0.491 e. The highest BCUT2D eigenvalue weighted by atomic mass is 19.1. The van der Waals surface area contributed by atoms with Gasteiger partial charge in [-0.3, -0.25) is 0 Å². The van der Waals surface area contributed by atoms with E-state index in [4.69, 9.17) is 4.74 Å². The van der Waals surface area contributed by atoms with Gasteiger partial charge in [0.1, 0.15) is 18.2 Å². The number of benzene rings is 1. The van der Waals surface area contributed by atoms with Crippen molar-refractivity contribution in [3.8, 4) is 5.75 Å². The van der Waals surface area contributed by atoms with Gasteiger partial charge in [0.25, 0.3) is 0 Å². The average Bonchev–Trinajstić information content (AvgIpc) is 2.06. The van der Waals surface area contributed by atoms with E-state index in [0.29, 0.717) is 11.3 Å². The highest BCUT2D eigenvalue weighted by Gasteiger charge is 2.13. The van der Waals surface area contributed by atoms with Crippen molar-refractivity contribution < 1.29 is 14.2 Å². The molecule has 3 heteroatoms. The summed E-state index contributed by atoms with van der Waals surface area (Å²) in [4.78, 5) is 0. The van der Waals surface area contributed by atoms with Crippen LogP contribution < -0.4 is 4.74 Å². The summed E-state index contributed by atoms with van der Waals surface area (Å²) in [6.07, 6.45) is 0. The fourth-order valence-corrected chi connectivity index (χ4v) is 0.923. The Kier molecular flexibility index (Phi) is 3.11. The summed E-state index contributed by atoms with van der Waals surface area (Å²) in [6, 6.07) is 4.65. The van der Waals surface area contributed by atoms with Crippen LogP contribution in [0.5, 0.6) is 5.75 Å². The molecular weight excluding hydrogens is 183 g/mol. The molecule has 78 valence electrons. The molecule has 0 saturated carbocycles. The standard InChI is InChI=1S/C11H15FO2/c1-8-4-5-9(6-10(8)12)14-7-11(2,3)13/h4-6,13H,7H2,1-3H3. The number of aliphatic hydroxyl groups is 1. The highest BCUT2D eigenvalue weighted by Crippen LogP contribution is 2.17. The topological polar surface area (TPSA) is 29.5 Å². The normalized spacial score (nSPS) is 11.5. The Labute approximate surface area is 83.3 Å². The lowest BCUT2D eigenvalue weighted by Gasteiger charge is -2.17. The zero-order chi connectivity index (χ0) is 10.8. The molecule has 0 aliphatic carbocycles. The average molecular weight is 198 g/mol. The molecule has 1 aromatic rings. The fraction of sp³-hybridized carbons (Fsp3) is 0.455. The van der Waals surface area contributed by atoms with Crippen molar-refractivity contribution in [1.29, 1.82) is 0 Å². The van der Waals surface area contributed by atoms with Crippen LogP contribution in [0.15, 0.2) is 18.2 Å². The van der Waals surface area contributed by atoms with Crippen LogP contribution in [0.3, 0.4) is 0 Å². The third-order valence-electron chi connectivity index (χ3n) is 1.74. The number of hydrogen-bond donors (Lipinski definition) is 1. The zero-order valence-electron chi connectivity index (χ0n) is 8.67. The van der Waals surface area contributed by atoms with Gasteiger partial charge in [0.05, 0.1) is 5.60 Å². The van der Waals surface area contributed by atoms with Gasteiger partial charge in [-0.25, -0.2) is 4.39 Å². The molecule has 0 aliphatic rings. The van der Waals surface area contributed by atoms with Crippen LogP contribution in [0, 0.1) is 12.7 Å². The molecule has 0 spiro atoms. The van der Waals surface area contributed by atoms with Crippen LogP contribution in [-0.4, -0.2) is 17.3 Å². The predicted molar refractivity (Wildman–Crippen MR) is 52.9 cm³/mol. The maximum absolute atomic E-state index is 13.1. The Bertz CT molecular complexity index is 316. The van der Waals surface area contributed by atoms with E-state index in [9.17, 15) is 9.50 Å². The summed E-state index contributed by atoms with van der Waals surface area (Å²) in [7, 11) is 0. The van der Waals surface area contributed by atoms with Crippen molar-refractivity contribution in [3.05, 3.63) is 29.6 Å². The number of halogens is 1. The lowest BCUT2D eigenvalue weighted by atomic mass is 10.1. The van der Waals surface area contributed by atoms with Crippen LogP contribution in [0.1, 0.15) is 19.4 Å². The van der Waals surface area contributed by atoms with E-state index < -0.39 is 5.60 Å². The molecule has 0 amide bonds. The van der Waals surface area contributed by atoms with E-state index in [-0.39, 0.29) is 12.4 Å². The summed E-state index contributed by atoms with van der Waals surface area (Å²) >= 11 is 0. The Balaban J connectivity index is 2.65. The van der Waals surface area contributed by atoms with Crippen molar-refractivity contribution in [1.82, 2.24) is 0 Å². The van der Waals surface area contributed by atoms with Gasteiger partial charge in [-0.2, -0.15) is 0 Å². The summed E-state index contributed by atoms with van der Waals surface area (Å²) in [5, 5.41) is 9.38. The molecular formula is C11H15FO2. The van der Waals surface area contributed by atoms with Gasteiger partial charge < -0.3 is 9.84 Å². The maximum Gasteiger partial charge on any atom is 0.129 e. The first-order valence-corrected chi connectivity index (χ1v) is 4.50. The van der Waals surface area contributed by atoms with Crippen LogP contribution in [0.2, 0.25) is 0 Å². The third kappa shape index (κ3) is 3.34. The number of hydrogen-bond acceptors (Lipinski definition) is 2. The first kappa shape index (κ1) is 11.0. The van der Waals surface area contributed by atoms with E-state index in [0.717, 1.165) is 0 Å². The third-order valence-corrected chi connectivity index (χ3v) is 1.74. The van der Waals surface area contributed by atoms with Gasteiger partial charge in [-0.1, -0.05) is 6.07 Å². The second-order valence-electron chi connectivity index (χ2n) is 4.01. The van der Waals surface area contributed by atoms with Gasteiger partial charge in [0.15, 0.2) is 0 Å². The number of ether oxygens (including phenoxy) is 1. The molecule has 2 nitrogen and oxygen atoms in total. The molecule has 0 aromatic heterocycles.